The summed E-state index contributed by atoms with van der Waals surface area (Å²) in [6.45, 7) is 14.2. The summed E-state index contributed by atoms with van der Waals surface area (Å²) in [6, 6.07) is 45.8. The Bertz CT molecular complexity index is 1300. The first-order valence-electron chi connectivity index (χ1n) is 22.1. The van der Waals surface area contributed by atoms with Gasteiger partial charge in [0.2, 0.25) is 0 Å². The van der Waals surface area contributed by atoms with Crippen molar-refractivity contribution in [3.05, 3.63) is 144 Å². The van der Waals surface area contributed by atoms with Crippen LogP contribution < -0.4 is 0 Å². The minimum absolute atomic E-state index is 0.893. The third kappa shape index (κ3) is 11.1. The van der Waals surface area contributed by atoms with Crippen LogP contribution in [-0.4, -0.2) is 37.6 Å². The van der Waals surface area contributed by atoms with Crippen molar-refractivity contribution in [1.29, 1.82) is 0 Å². The molecule has 0 heterocycles. The van der Waals surface area contributed by atoms with Crippen LogP contribution in [0.15, 0.2) is 121 Å². The second kappa shape index (κ2) is 23.6. The van der Waals surface area contributed by atoms with Crippen molar-refractivity contribution < 1.29 is 6.15 Å². The Morgan fingerprint density at radius 1 is 0.315 bits per heavy atom. The second-order valence-electron chi connectivity index (χ2n) is 16.0. The molecule has 0 radical (unpaired) electrons. The van der Waals surface area contributed by atoms with Gasteiger partial charge in [-0.15, -0.1) is 0 Å². The Morgan fingerprint density at radius 3 is 0.667 bits per heavy atom. The maximum atomic E-state index is 8.86. The normalized spacial score (nSPS) is 12.6. The van der Waals surface area contributed by atoms with E-state index in [9.17, 15) is 0 Å². The fourth-order valence-electron chi connectivity index (χ4n) is 8.92. The fraction of sp³-hybridized carbons (Fsp3) is 0.520. The first-order valence-corrected chi connectivity index (χ1v) is 36.5. The van der Waals surface area contributed by atoms with Crippen molar-refractivity contribution in [1.82, 2.24) is 0 Å². The Hall–Kier alpha value is -1.60. The van der Waals surface area contributed by atoms with E-state index in [1.54, 1.807) is 0 Å². The van der Waals surface area contributed by atoms with E-state index in [0.29, 0.717) is 0 Å². The molecule has 0 atom stereocenters. The van der Waals surface area contributed by atoms with E-state index < -0.39 is 48.8 Å². The Balaban J connectivity index is 2.32. The van der Waals surface area contributed by atoms with Crippen LogP contribution in [-0.2, 0) is 17.4 Å². The zero-order valence-electron chi connectivity index (χ0n) is 35.1. The third-order valence-electron chi connectivity index (χ3n) is 11.9. The second-order valence-corrected chi connectivity index (χ2v) is 39.3. The van der Waals surface area contributed by atoms with Gasteiger partial charge in [0.15, 0.2) is 0 Å². The molecule has 0 amide bonds. The predicted molar refractivity (Wildman–Crippen MR) is 239 cm³/mol. The monoisotopic (exact) mass is 946 g/mol. The van der Waals surface area contributed by atoms with Crippen molar-refractivity contribution in [2.75, 3.05) is 0 Å². The molecule has 0 saturated carbocycles. The summed E-state index contributed by atoms with van der Waals surface area (Å²) in [5.74, 6) is 0. The van der Waals surface area contributed by atoms with Crippen LogP contribution in [0, 0.1) is 0 Å². The number of hydrogen-bond acceptors (Lipinski definition) is 2. The van der Waals surface area contributed by atoms with E-state index in [1.165, 1.54) is 126 Å². The summed E-state index contributed by atoms with van der Waals surface area (Å²) >= 11 is -7.05. The number of hydrogen-bond donors (Lipinski definition) is 0. The van der Waals surface area contributed by atoms with Gasteiger partial charge in [-0.2, -0.15) is 0 Å². The van der Waals surface area contributed by atoms with Crippen LogP contribution >= 0.6 is 0 Å². The van der Waals surface area contributed by atoms with Gasteiger partial charge in [-0.3, -0.25) is 0 Å². The van der Waals surface area contributed by atoms with Gasteiger partial charge in [0, 0.05) is 0 Å². The van der Waals surface area contributed by atoms with E-state index in [0.717, 1.165) is 0 Å². The molecule has 0 aliphatic heterocycles. The standard InChI is InChI=1S/C26H20O2.6C4H9.2Sn/c27-25(21-13-5-1-6-14-21,22-15-7-2-8-16-22)26(28,23-17-9-3-10-18-23)24-19-11-4-12-20-24;6*1-3-4-2;;/h1-20H;6*1,3-4H2,2H3;;/q-2;;;;;;;2*+1. The average Bonchev–Trinajstić information content (AvgIpc) is 3.24. The molecule has 54 heavy (non-hydrogen) atoms. The Labute approximate surface area is 341 Å². The molecule has 0 N–H and O–H groups in total. The van der Waals surface area contributed by atoms with Gasteiger partial charge in [0.25, 0.3) is 0 Å². The molecule has 0 aromatic heterocycles. The van der Waals surface area contributed by atoms with Crippen molar-refractivity contribution in [2.24, 2.45) is 0 Å². The summed E-state index contributed by atoms with van der Waals surface area (Å²) in [5.41, 5.74) is 3.15. The maximum absolute atomic E-state index is 8.86. The van der Waals surface area contributed by atoms with Crippen molar-refractivity contribution >= 4 is 37.6 Å². The summed E-state index contributed by atoms with van der Waals surface area (Å²) < 4.78 is 25.2. The summed E-state index contributed by atoms with van der Waals surface area (Å²) in [4.78, 5) is 0. The van der Waals surface area contributed by atoms with Gasteiger partial charge in [-0.1, -0.05) is 0 Å². The van der Waals surface area contributed by atoms with E-state index >= 15 is 0 Å². The predicted octanol–water partition coefficient (Wildman–Crippen LogP) is 15.6. The molecule has 4 heteroatoms. The van der Waals surface area contributed by atoms with Gasteiger partial charge in [-0.05, 0) is 0 Å². The molecule has 4 aromatic rings. The zero-order valence-corrected chi connectivity index (χ0v) is 40.8. The van der Waals surface area contributed by atoms with E-state index in [-0.39, 0.29) is 0 Å². The molecule has 0 unspecified atom stereocenters. The molecule has 0 aliphatic carbocycles. The summed E-state index contributed by atoms with van der Waals surface area (Å²) in [7, 11) is 0. The molecule has 0 fully saturated rings. The molecule has 0 saturated heterocycles. The van der Waals surface area contributed by atoms with Crippen LogP contribution in [0.25, 0.3) is 0 Å². The van der Waals surface area contributed by atoms with Gasteiger partial charge >= 0.3 is 344 Å². The van der Waals surface area contributed by atoms with E-state index in [1.807, 2.05) is 0 Å². The van der Waals surface area contributed by atoms with Crippen molar-refractivity contribution in [3.63, 3.8) is 0 Å². The number of benzene rings is 4. The molecule has 4 rings (SSSR count). The van der Waals surface area contributed by atoms with Gasteiger partial charge < -0.3 is 0 Å². The van der Waals surface area contributed by atoms with Crippen molar-refractivity contribution in [2.45, 2.75) is 156 Å². The molecule has 0 bridgehead atoms. The van der Waals surface area contributed by atoms with Gasteiger partial charge in [-0.25, -0.2) is 0 Å². The number of rotatable bonds is 27. The van der Waals surface area contributed by atoms with E-state index in [4.69, 9.17) is 6.15 Å². The van der Waals surface area contributed by atoms with Crippen LogP contribution in [0.3, 0.4) is 0 Å². The third-order valence-corrected chi connectivity index (χ3v) is 37.8. The molecular weight excluding hydrogens is 870 g/mol. The van der Waals surface area contributed by atoms with Crippen LogP contribution in [0.2, 0.25) is 26.6 Å². The summed E-state index contributed by atoms with van der Waals surface area (Å²) in [5, 5.41) is 0. The van der Waals surface area contributed by atoms with Crippen molar-refractivity contribution in [3.8, 4) is 0 Å². The van der Waals surface area contributed by atoms with Gasteiger partial charge in [0.1, 0.15) is 0 Å². The number of unbranched alkanes of at least 4 members (excludes halogenated alkanes) is 6. The Kier molecular flexibility index (Phi) is 19.7. The van der Waals surface area contributed by atoms with Gasteiger partial charge in [0.05, 0.1) is 0 Å². The van der Waals surface area contributed by atoms with Crippen LogP contribution in [0.4, 0.5) is 0 Å². The van der Waals surface area contributed by atoms with Crippen LogP contribution in [0.5, 0.6) is 0 Å². The molecule has 2 nitrogen and oxygen atoms in total. The SMILES string of the molecule is CCC[CH2][Sn]([CH2]CCC)([CH2]CCC)[O]C(c1ccccc1)(c1ccccc1)C([O][Sn]([CH2]CCC)([CH2]CCC)[CH2]CCC)(c1ccccc1)c1ccccc1. The minimum atomic E-state index is -3.52. The Morgan fingerprint density at radius 2 is 0.500 bits per heavy atom. The molecular formula is C50H74O2Sn2. The molecule has 0 aliphatic rings. The van der Waals surface area contributed by atoms with Crippen LogP contribution in [0.1, 0.15) is 141 Å². The molecule has 0 spiro atoms. The first kappa shape index (κ1) is 45.1. The average molecular weight is 945 g/mol. The molecule has 294 valence electrons. The fourth-order valence-corrected chi connectivity index (χ4v) is 37.9. The summed E-state index contributed by atoms with van der Waals surface area (Å²) in [6.07, 6.45) is 14.6. The first-order chi connectivity index (χ1) is 26.4. The topological polar surface area (TPSA) is 18.5 Å². The molecule has 4 aromatic carbocycles. The quantitative estimate of drug-likeness (QED) is 0.0555. The zero-order chi connectivity index (χ0) is 38.6. The van der Waals surface area contributed by atoms with E-state index in [2.05, 4.69) is 163 Å².